The van der Waals surface area contributed by atoms with E-state index in [1.807, 2.05) is 55.1 Å². The summed E-state index contributed by atoms with van der Waals surface area (Å²) in [5, 5.41) is 3.95. The summed E-state index contributed by atoms with van der Waals surface area (Å²) < 4.78 is 12.4. The standard InChI is InChI=1S/C22H26N4O3S/c1-3-28-17-9-6-5-8-16(17)23-21(27)25-12-14-26(15-13-25)22-24-20-18(29-4-2)10-7-11-19(20)30-22/h5-11H,3-4,12-15H2,1-2H3,(H,23,27). The van der Waals surface area contributed by atoms with Gasteiger partial charge in [0.05, 0.1) is 23.6 Å². The third kappa shape index (κ3) is 4.28. The Kier molecular flexibility index (Phi) is 6.23. The van der Waals surface area contributed by atoms with Crippen molar-refractivity contribution >= 4 is 38.4 Å². The smallest absolute Gasteiger partial charge is 0.322 e. The van der Waals surface area contributed by atoms with Crippen molar-refractivity contribution in [2.45, 2.75) is 13.8 Å². The van der Waals surface area contributed by atoms with Crippen LogP contribution in [0, 0.1) is 0 Å². The third-order valence-electron chi connectivity index (χ3n) is 4.94. The Hall–Kier alpha value is -3.00. The normalized spacial score (nSPS) is 14.1. The van der Waals surface area contributed by atoms with Gasteiger partial charge in [-0.25, -0.2) is 9.78 Å². The molecule has 2 aromatic carbocycles. The van der Waals surface area contributed by atoms with Gasteiger partial charge in [0.2, 0.25) is 0 Å². The molecular weight excluding hydrogens is 400 g/mol. The lowest BCUT2D eigenvalue weighted by atomic mass is 10.3. The summed E-state index contributed by atoms with van der Waals surface area (Å²) in [5.41, 5.74) is 1.61. The van der Waals surface area contributed by atoms with Gasteiger partial charge >= 0.3 is 6.03 Å². The number of amides is 2. The number of para-hydroxylation sites is 3. The molecule has 0 spiro atoms. The number of urea groups is 1. The van der Waals surface area contributed by atoms with Crippen molar-refractivity contribution in [2.24, 2.45) is 0 Å². The summed E-state index contributed by atoms with van der Waals surface area (Å²) in [6, 6.07) is 13.4. The molecule has 2 amide bonds. The minimum absolute atomic E-state index is 0.107. The van der Waals surface area contributed by atoms with E-state index in [0.29, 0.717) is 37.7 Å². The molecule has 1 fully saturated rings. The van der Waals surface area contributed by atoms with E-state index in [4.69, 9.17) is 14.5 Å². The number of carbonyl (C=O) groups excluding carboxylic acids is 1. The molecule has 1 saturated heterocycles. The summed E-state index contributed by atoms with van der Waals surface area (Å²) >= 11 is 1.66. The fourth-order valence-corrected chi connectivity index (χ4v) is 4.50. The lowest BCUT2D eigenvalue weighted by Gasteiger charge is -2.34. The summed E-state index contributed by atoms with van der Waals surface area (Å²) in [6.45, 7) is 7.83. The third-order valence-corrected chi connectivity index (χ3v) is 6.02. The quantitative estimate of drug-likeness (QED) is 0.631. The highest BCUT2D eigenvalue weighted by molar-refractivity contribution is 7.22. The maximum absolute atomic E-state index is 12.7. The molecule has 2 heterocycles. The number of piperazine rings is 1. The first-order chi connectivity index (χ1) is 14.7. The second-order valence-corrected chi connectivity index (χ2v) is 7.87. The van der Waals surface area contributed by atoms with Crippen LogP contribution in [0.4, 0.5) is 15.6 Å². The average Bonchev–Trinajstić information content (AvgIpc) is 3.21. The molecule has 3 aromatic rings. The van der Waals surface area contributed by atoms with Crippen molar-refractivity contribution in [1.82, 2.24) is 9.88 Å². The fourth-order valence-electron chi connectivity index (χ4n) is 3.47. The molecule has 158 valence electrons. The molecule has 30 heavy (non-hydrogen) atoms. The first-order valence-electron chi connectivity index (χ1n) is 10.2. The van der Waals surface area contributed by atoms with Crippen LogP contribution in [0.3, 0.4) is 0 Å². The largest absolute Gasteiger partial charge is 0.492 e. The van der Waals surface area contributed by atoms with E-state index in [1.165, 1.54) is 0 Å². The molecule has 0 unspecified atom stereocenters. The molecule has 0 saturated carbocycles. The molecule has 1 aromatic heterocycles. The number of hydrogen-bond donors (Lipinski definition) is 1. The van der Waals surface area contributed by atoms with Crippen molar-refractivity contribution in [1.29, 1.82) is 0 Å². The molecule has 0 aliphatic carbocycles. The average molecular weight is 427 g/mol. The highest BCUT2D eigenvalue weighted by atomic mass is 32.1. The summed E-state index contributed by atoms with van der Waals surface area (Å²) in [7, 11) is 0. The molecule has 1 aliphatic rings. The minimum Gasteiger partial charge on any atom is -0.492 e. The Morgan fingerprint density at radius 1 is 1.00 bits per heavy atom. The predicted molar refractivity (Wildman–Crippen MR) is 121 cm³/mol. The number of nitrogens with zero attached hydrogens (tertiary/aromatic N) is 3. The van der Waals surface area contributed by atoms with Crippen molar-refractivity contribution in [3.05, 3.63) is 42.5 Å². The number of benzene rings is 2. The first-order valence-corrected chi connectivity index (χ1v) is 11.1. The lowest BCUT2D eigenvalue weighted by molar-refractivity contribution is 0.208. The van der Waals surface area contributed by atoms with Crippen molar-refractivity contribution in [3.8, 4) is 11.5 Å². The van der Waals surface area contributed by atoms with Gasteiger partial charge in [0, 0.05) is 26.2 Å². The van der Waals surface area contributed by atoms with Gasteiger partial charge in [-0.15, -0.1) is 0 Å². The molecule has 0 atom stereocenters. The Bertz CT molecular complexity index is 1010. The number of rotatable bonds is 6. The van der Waals surface area contributed by atoms with Gasteiger partial charge in [0.1, 0.15) is 17.0 Å². The van der Waals surface area contributed by atoms with Gasteiger partial charge in [-0.1, -0.05) is 29.5 Å². The molecule has 4 rings (SSSR count). The second kappa shape index (κ2) is 9.21. The summed E-state index contributed by atoms with van der Waals surface area (Å²) in [4.78, 5) is 21.6. The number of hydrogen-bond acceptors (Lipinski definition) is 6. The van der Waals surface area contributed by atoms with E-state index in [-0.39, 0.29) is 6.03 Å². The number of anilines is 2. The van der Waals surface area contributed by atoms with Crippen LogP contribution in [0.2, 0.25) is 0 Å². The molecule has 0 bridgehead atoms. The Morgan fingerprint density at radius 2 is 1.70 bits per heavy atom. The van der Waals surface area contributed by atoms with E-state index in [1.54, 1.807) is 11.3 Å². The Labute approximate surface area is 180 Å². The number of ether oxygens (including phenoxy) is 2. The van der Waals surface area contributed by atoms with Crippen LogP contribution in [0.25, 0.3) is 10.2 Å². The van der Waals surface area contributed by atoms with Crippen LogP contribution < -0.4 is 19.7 Å². The van der Waals surface area contributed by atoms with Gasteiger partial charge in [0.15, 0.2) is 5.13 Å². The lowest BCUT2D eigenvalue weighted by Crippen LogP contribution is -2.50. The van der Waals surface area contributed by atoms with E-state index in [9.17, 15) is 4.79 Å². The summed E-state index contributed by atoms with van der Waals surface area (Å²) in [5.74, 6) is 1.51. The van der Waals surface area contributed by atoms with E-state index in [2.05, 4.69) is 16.3 Å². The fraction of sp³-hybridized carbons (Fsp3) is 0.364. The molecule has 7 nitrogen and oxygen atoms in total. The van der Waals surface area contributed by atoms with Crippen LogP contribution in [-0.4, -0.2) is 55.3 Å². The Morgan fingerprint density at radius 3 is 2.47 bits per heavy atom. The first kappa shape index (κ1) is 20.3. The zero-order valence-electron chi connectivity index (χ0n) is 17.3. The van der Waals surface area contributed by atoms with Crippen LogP contribution in [0.15, 0.2) is 42.5 Å². The molecule has 8 heteroatoms. The highest BCUT2D eigenvalue weighted by Crippen LogP contribution is 2.34. The number of fused-ring (bicyclic) bond motifs is 1. The van der Waals surface area contributed by atoms with Crippen molar-refractivity contribution < 1.29 is 14.3 Å². The molecule has 1 aliphatic heterocycles. The van der Waals surface area contributed by atoms with E-state index in [0.717, 1.165) is 34.2 Å². The van der Waals surface area contributed by atoms with Crippen LogP contribution in [-0.2, 0) is 0 Å². The topological polar surface area (TPSA) is 66.9 Å². The monoisotopic (exact) mass is 426 g/mol. The van der Waals surface area contributed by atoms with Crippen LogP contribution >= 0.6 is 11.3 Å². The van der Waals surface area contributed by atoms with Gasteiger partial charge in [-0.05, 0) is 38.1 Å². The van der Waals surface area contributed by atoms with Crippen LogP contribution in [0.1, 0.15) is 13.8 Å². The van der Waals surface area contributed by atoms with Gasteiger partial charge < -0.3 is 24.6 Å². The van der Waals surface area contributed by atoms with E-state index < -0.39 is 0 Å². The van der Waals surface area contributed by atoms with E-state index >= 15 is 0 Å². The number of aromatic nitrogens is 1. The molecule has 0 radical (unpaired) electrons. The minimum atomic E-state index is -0.107. The molecular formula is C22H26N4O3S. The van der Waals surface area contributed by atoms with Gasteiger partial charge in [0.25, 0.3) is 0 Å². The van der Waals surface area contributed by atoms with Gasteiger partial charge in [-0.2, -0.15) is 0 Å². The highest BCUT2D eigenvalue weighted by Gasteiger charge is 2.24. The second-order valence-electron chi connectivity index (χ2n) is 6.87. The zero-order valence-corrected chi connectivity index (χ0v) is 18.1. The number of carbonyl (C=O) groups is 1. The zero-order chi connectivity index (χ0) is 20.9. The van der Waals surface area contributed by atoms with Crippen LogP contribution in [0.5, 0.6) is 11.5 Å². The maximum atomic E-state index is 12.7. The van der Waals surface area contributed by atoms with Crippen molar-refractivity contribution in [2.75, 3.05) is 49.6 Å². The maximum Gasteiger partial charge on any atom is 0.322 e. The molecule has 1 N–H and O–H groups in total. The van der Waals surface area contributed by atoms with Crippen molar-refractivity contribution in [3.63, 3.8) is 0 Å². The summed E-state index contributed by atoms with van der Waals surface area (Å²) in [6.07, 6.45) is 0. The Balaban J connectivity index is 1.40. The number of nitrogens with one attached hydrogen (secondary N) is 1. The van der Waals surface area contributed by atoms with Gasteiger partial charge in [-0.3, -0.25) is 0 Å². The SMILES string of the molecule is CCOc1ccccc1NC(=O)N1CCN(c2nc3c(OCC)cccc3s2)CC1. The predicted octanol–water partition coefficient (Wildman–Crippen LogP) is 4.45. The number of thiazole rings is 1.